The summed E-state index contributed by atoms with van der Waals surface area (Å²) in [6.45, 7) is 5.02. The van der Waals surface area contributed by atoms with Crippen LogP contribution in [0.2, 0.25) is 0 Å². The molecule has 0 aromatic carbocycles. The minimum Gasteiger partial charge on any atom is -0.268 e. The van der Waals surface area contributed by atoms with Gasteiger partial charge in [0.25, 0.3) is 0 Å². The van der Waals surface area contributed by atoms with Crippen LogP contribution in [0.1, 0.15) is 16.1 Å². The van der Waals surface area contributed by atoms with Gasteiger partial charge in [0, 0.05) is 11.1 Å². The van der Waals surface area contributed by atoms with E-state index in [1.807, 2.05) is 23.9 Å². The van der Waals surface area contributed by atoms with Crippen molar-refractivity contribution in [2.24, 2.45) is 0 Å². The van der Waals surface area contributed by atoms with E-state index in [0.717, 1.165) is 12.2 Å². The van der Waals surface area contributed by atoms with Gasteiger partial charge in [-0.1, -0.05) is 0 Å². The Kier molecular flexibility index (Phi) is 2.19. The summed E-state index contributed by atoms with van der Waals surface area (Å²) in [4.78, 5) is 1.36. The van der Waals surface area contributed by atoms with Crippen LogP contribution in [0.15, 0.2) is 23.7 Å². The third kappa shape index (κ3) is 1.98. The highest BCUT2D eigenvalue weighted by molar-refractivity contribution is 7.10. The zero-order valence-corrected chi connectivity index (χ0v) is 8.64. The first-order chi connectivity index (χ1) is 6.24. The lowest BCUT2D eigenvalue weighted by Gasteiger charge is -1.96. The molecule has 0 aliphatic carbocycles. The number of aromatic nitrogens is 2. The fourth-order valence-corrected chi connectivity index (χ4v) is 2.02. The molecule has 13 heavy (non-hydrogen) atoms. The van der Waals surface area contributed by atoms with Crippen molar-refractivity contribution in [2.75, 3.05) is 0 Å². The Bertz CT molecular complexity index is 362. The smallest absolute Gasteiger partial charge is 0.0667 e. The highest BCUT2D eigenvalue weighted by Crippen LogP contribution is 2.13. The van der Waals surface area contributed by atoms with Crippen LogP contribution < -0.4 is 0 Å². The van der Waals surface area contributed by atoms with Gasteiger partial charge in [-0.15, -0.1) is 11.3 Å². The number of nitrogens with zero attached hydrogens (tertiary/aromatic N) is 2. The first-order valence-electron chi connectivity index (χ1n) is 4.28. The van der Waals surface area contributed by atoms with Crippen LogP contribution >= 0.6 is 11.3 Å². The molecule has 0 aliphatic rings. The van der Waals surface area contributed by atoms with Gasteiger partial charge in [-0.3, -0.25) is 4.68 Å². The molecule has 0 amide bonds. The van der Waals surface area contributed by atoms with Gasteiger partial charge >= 0.3 is 0 Å². The number of rotatable bonds is 2. The maximum atomic E-state index is 4.34. The van der Waals surface area contributed by atoms with E-state index in [4.69, 9.17) is 0 Å². The Balaban J connectivity index is 2.14. The maximum absolute atomic E-state index is 4.34. The lowest BCUT2D eigenvalue weighted by molar-refractivity contribution is 0.681. The Labute approximate surface area is 81.8 Å². The normalized spacial score (nSPS) is 10.6. The molecular weight excluding hydrogens is 180 g/mol. The van der Waals surface area contributed by atoms with E-state index in [2.05, 4.69) is 23.5 Å². The highest BCUT2D eigenvalue weighted by Gasteiger charge is 1.98. The van der Waals surface area contributed by atoms with E-state index in [1.54, 1.807) is 11.3 Å². The van der Waals surface area contributed by atoms with Crippen molar-refractivity contribution < 1.29 is 0 Å². The van der Waals surface area contributed by atoms with Crippen LogP contribution in [0, 0.1) is 13.8 Å². The molecule has 2 nitrogen and oxygen atoms in total. The second-order valence-electron chi connectivity index (χ2n) is 3.22. The summed E-state index contributed by atoms with van der Waals surface area (Å²) in [6.07, 6.45) is 2.02. The number of hydrogen-bond acceptors (Lipinski definition) is 2. The van der Waals surface area contributed by atoms with E-state index < -0.39 is 0 Å². The quantitative estimate of drug-likeness (QED) is 0.715. The van der Waals surface area contributed by atoms with Crippen LogP contribution in [-0.2, 0) is 6.54 Å². The molecule has 68 valence electrons. The van der Waals surface area contributed by atoms with Gasteiger partial charge in [0.05, 0.1) is 12.2 Å². The molecule has 0 saturated carbocycles. The first-order valence-corrected chi connectivity index (χ1v) is 5.16. The predicted octanol–water partition coefficient (Wildman–Crippen LogP) is 2.61. The van der Waals surface area contributed by atoms with Crippen molar-refractivity contribution in [3.8, 4) is 0 Å². The van der Waals surface area contributed by atoms with Crippen molar-refractivity contribution in [3.63, 3.8) is 0 Å². The van der Waals surface area contributed by atoms with Crippen molar-refractivity contribution in [1.82, 2.24) is 9.78 Å². The lowest BCUT2D eigenvalue weighted by atomic mass is 10.3. The Morgan fingerprint density at radius 3 is 2.85 bits per heavy atom. The van der Waals surface area contributed by atoms with E-state index in [-0.39, 0.29) is 0 Å². The summed E-state index contributed by atoms with van der Waals surface area (Å²) >= 11 is 1.79. The summed E-state index contributed by atoms with van der Waals surface area (Å²) in [5, 5.41) is 6.52. The molecule has 2 aromatic heterocycles. The fraction of sp³-hybridized carbons (Fsp3) is 0.300. The van der Waals surface area contributed by atoms with E-state index in [0.29, 0.717) is 0 Å². The molecule has 0 aliphatic heterocycles. The van der Waals surface area contributed by atoms with E-state index in [9.17, 15) is 0 Å². The zero-order valence-electron chi connectivity index (χ0n) is 7.82. The molecular formula is C10H12N2S. The molecule has 0 bridgehead atoms. The molecule has 3 heteroatoms. The summed E-state index contributed by atoms with van der Waals surface area (Å²) in [7, 11) is 0. The van der Waals surface area contributed by atoms with Crippen molar-refractivity contribution in [2.45, 2.75) is 20.4 Å². The number of aryl methyl sites for hydroxylation is 2. The number of hydrogen-bond donors (Lipinski definition) is 0. The summed E-state index contributed by atoms with van der Waals surface area (Å²) < 4.78 is 1.97. The minimum absolute atomic E-state index is 0.887. The zero-order chi connectivity index (χ0) is 9.26. The maximum Gasteiger partial charge on any atom is 0.0667 e. The molecule has 0 spiro atoms. The van der Waals surface area contributed by atoms with Crippen LogP contribution in [0.3, 0.4) is 0 Å². The Hall–Kier alpha value is -1.09. The van der Waals surface area contributed by atoms with Gasteiger partial charge in [0.2, 0.25) is 0 Å². The predicted molar refractivity (Wildman–Crippen MR) is 55.1 cm³/mol. The Morgan fingerprint density at radius 1 is 1.46 bits per heavy atom. The van der Waals surface area contributed by atoms with Gasteiger partial charge in [-0.05, 0) is 36.9 Å². The number of thiophene rings is 1. The molecule has 0 saturated heterocycles. The summed E-state index contributed by atoms with van der Waals surface area (Å²) in [5.41, 5.74) is 2.41. The minimum atomic E-state index is 0.887. The highest BCUT2D eigenvalue weighted by atomic mass is 32.1. The standard InChI is InChI=1S/C10H12N2S/c1-8-3-4-12(11-8)6-10-5-9(2)13-7-10/h3-5,7H,6H2,1-2H3. The molecule has 2 heterocycles. The topological polar surface area (TPSA) is 17.8 Å². The molecule has 0 radical (unpaired) electrons. The molecule has 0 unspecified atom stereocenters. The van der Waals surface area contributed by atoms with Gasteiger partial charge in [0.15, 0.2) is 0 Å². The van der Waals surface area contributed by atoms with Crippen LogP contribution in [0.25, 0.3) is 0 Å². The molecule has 2 aromatic rings. The molecule has 0 fully saturated rings. The van der Waals surface area contributed by atoms with Crippen LogP contribution in [-0.4, -0.2) is 9.78 Å². The lowest BCUT2D eigenvalue weighted by Crippen LogP contribution is -1.98. The fourth-order valence-electron chi connectivity index (χ4n) is 1.32. The molecule has 0 N–H and O–H groups in total. The third-order valence-electron chi connectivity index (χ3n) is 1.90. The van der Waals surface area contributed by atoms with Gasteiger partial charge < -0.3 is 0 Å². The Morgan fingerprint density at radius 2 is 2.31 bits per heavy atom. The molecule has 0 atom stereocenters. The van der Waals surface area contributed by atoms with E-state index >= 15 is 0 Å². The van der Waals surface area contributed by atoms with Crippen molar-refractivity contribution >= 4 is 11.3 Å². The summed E-state index contributed by atoms with van der Waals surface area (Å²) in [6, 6.07) is 4.24. The van der Waals surface area contributed by atoms with Crippen LogP contribution in [0.5, 0.6) is 0 Å². The second kappa shape index (κ2) is 3.34. The largest absolute Gasteiger partial charge is 0.268 e. The molecule has 2 rings (SSSR count). The van der Waals surface area contributed by atoms with E-state index in [1.165, 1.54) is 10.4 Å². The van der Waals surface area contributed by atoms with Gasteiger partial charge in [-0.2, -0.15) is 5.10 Å². The SMILES string of the molecule is Cc1ccn(Cc2csc(C)c2)n1. The van der Waals surface area contributed by atoms with Crippen molar-refractivity contribution in [3.05, 3.63) is 39.8 Å². The third-order valence-corrected chi connectivity index (χ3v) is 2.81. The van der Waals surface area contributed by atoms with Crippen molar-refractivity contribution in [1.29, 1.82) is 0 Å². The summed E-state index contributed by atoms with van der Waals surface area (Å²) in [5.74, 6) is 0. The average molecular weight is 192 g/mol. The van der Waals surface area contributed by atoms with Gasteiger partial charge in [-0.25, -0.2) is 0 Å². The second-order valence-corrected chi connectivity index (χ2v) is 4.34. The average Bonchev–Trinajstić information content (AvgIpc) is 2.62. The monoisotopic (exact) mass is 192 g/mol. The first kappa shape index (κ1) is 8.51. The van der Waals surface area contributed by atoms with Gasteiger partial charge in [0.1, 0.15) is 0 Å². The van der Waals surface area contributed by atoms with Crippen LogP contribution in [0.4, 0.5) is 0 Å².